The Balaban J connectivity index is 1.52. The lowest BCUT2D eigenvalue weighted by atomic mass is 10.2. The number of carbonyl (C=O) groups is 2. The molecule has 0 bridgehead atoms. The van der Waals surface area contributed by atoms with Crippen molar-refractivity contribution in [1.29, 1.82) is 0 Å². The molecular weight excluding hydrogens is 385 g/mol. The van der Waals surface area contributed by atoms with Gasteiger partial charge in [-0.25, -0.2) is 9.82 Å². The third kappa shape index (κ3) is 6.27. The van der Waals surface area contributed by atoms with Gasteiger partial charge in [-0.15, -0.1) is 0 Å². The summed E-state index contributed by atoms with van der Waals surface area (Å²) in [6.07, 6.45) is 1.40. The number of anilines is 1. The molecule has 0 fully saturated rings. The van der Waals surface area contributed by atoms with Crippen molar-refractivity contribution in [3.63, 3.8) is 0 Å². The number of hydrazone groups is 1. The molecule has 3 aromatic carbocycles. The van der Waals surface area contributed by atoms with Gasteiger partial charge in [0.25, 0.3) is 0 Å². The summed E-state index contributed by atoms with van der Waals surface area (Å²) >= 11 is 0. The molecule has 152 valence electrons. The molecule has 0 aliphatic carbocycles. The highest BCUT2D eigenvalue weighted by atomic mass is 19.1. The minimum absolute atomic E-state index is 0.216. The van der Waals surface area contributed by atoms with Crippen LogP contribution in [-0.4, -0.2) is 18.0 Å². The number of rotatable bonds is 6. The average Bonchev–Trinajstić information content (AvgIpc) is 2.72. The van der Waals surface area contributed by atoms with E-state index < -0.39 is 11.8 Å². The highest BCUT2D eigenvalue weighted by Crippen LogP contribution is 2.15. The molecule has 3 aromatic rings. The molecule has 2 N–H and O–H groups in total. The summed E-state index contributed by atoms with van der Waals surface area (Å²) in [4.78, 5) is 23.8. The number of amides is 2. The lowest BCUT2D eigenvalue weighted by Gasteiger charge is -2.07. The van der Waals surface area contributed by atoms with Gasteiger partial charge in [-0.05, 0) is 60.0 Å². The summed E-state index contributed by atoms with van der Waals surface area (Å²) in [7, 11) is 0. The molecule has 7 heteroatoms. The van der Waals surface area contributed by atoms with Gasteiger partial charge in [0.2, 0.25) is 0 Å². The van der Waals surface area contributed by atoms with Crippen LogP contribution in [0.5, 0.6) is 5.75 Å². The molecule has 0 saturated carbocycles. The molecule has 0 radical (unpaired) electrons. The van der Waals surface area contributed by atoms with Crippen LogP contribution >= 0.6 is 0 Å². The van der Waals surface area contributed by atoms with E-state index in [9.17, 15) is 14.0 Å². The highest BCUT2D eigenvalue weighted by Gasteiger charge is 2.12. The molecule has 0 heterocycles. The van der Waals surface area contributed by atoms with Crippen LogP contribution in [0.25, 0.3) is 0 Å². The van der Waals surface area contributed by atoms with E-state index >= 15 is 0 Å². The number of carbonyl (C=O) groups excluding carboxylic acids is 2. The number of hydrogen-bond acceptors (Lipinski definition) is 4. The van der Waals surface area contributed by atoms with Crippen LogP contribution in [0, 0.1) is 12.7 Å². The smallest absolute Gasteiger partial charge is 0.329 e. The Morgan fingerprint density at radius 2 is 1.80 bits per heavy atom. The Morgan fingerprint density at radius 1 is 1.00 bits per heavy atom. The molecule has 0 spiro atoms. The monoisotopic (exact) mass is 405 g/mol. The first-order valence-electron chi connectivity index (χ1n) is 9.18. The number of hydrogen-bond donors (Lipinski definition) is 2. The van der Waals surface area contributed by atoms with Gasteiger partial charge in [0.1, 0.15) is 18.2 Å². The first-order chi connectivity index (χ1) is 14.5. The summed E-state index contributed by atoms with van der Waals surface area (Å²) in [5.41, 5.74) is 5.05. The molecule has 0 atom stereocenters. The maximum Gasteiger partial charge on any atom is 0.329 e. The predicted molar refractivity (Wildman–Crippen MR) is 113 cm³/mol. The second kappa shape index (κ2) is 9.97. The zero-order valence-electron chi connectivity index (χ0n) is 16.3. The molecule has 6 nitrogen and oxygen atoms in total. The van der Waals surface area contributed by atoms with Crippen molar-refractivity contribution in [2.75, 3.05) is 5.32 Å². The van der Waals surface area contributed by atoms with Crippen LogP contribution in [-0.2, 0) is 16.2 Å². The fourth-order valence-corrected chi connectivity index (χ4v) is 2.60. The van der Waals surface area contributed by atoms with Crippen molar-refractivity contribution < 1.29 is 18.7 Å². The van der Waals surface area contributed by atoms with E-state index in [1.165, 1.54) is 18.3 Å². The van der Waals surface area contributed by atoms with Crippen LogP contribution in [0.15, 0.2) is 77.9 Å². The van der Waals surface area contributed by atoms with Crippen LogP contribution < -0.4 is 15.5 Å². The van der Waals surface area contributed by atoms with Crippen LogP contribution in [0.1, 0.15) is 16.7 Å². The minimum Gasteiger partial charge on any atom is -0.489 e. The fourth-order valence-electron chi connectivity index (χ4n) is 2.60. The number of aryl methyl sites for hydroxylation is 1. The first kappa shape index (κ1) is 20.7. The van der Waals surface area contributed by atoms with E-state index in [-0.39, 0.29) is 12.4 Å². The van der Waals surface area contributed by atoms with E-state index in [0.717, 1.165) is 5.56 Å². The van der Waals surface area contributed by atoms with Crippen molar-refractivity contribution in [3.05, 3.63) is 95.3 Å². The zero-order valence-corrected chi connectivity index (χ0v) is 16.3. The number of nitrogens with zero attached hydrogens (tertiary/aromatic N) is 1. The lowest BCUT2D eigenvalue weighted by molar-refractivity contribution is -0.136. The van der Waals surface area contributed by atoms with E-state index in [1.54, 1.807) is 54.6 Å². The number of benzene rings is 3. The third-order valence-corrected chi connectivity index (χ3v) is 4.01. The summed E-state index contributed by atoms with van der Waals surface area (Å²) in [5, 5.41) is 6.31. The molecule has 0 aliphatic rings. The van der Waals surface area contributed by atoms with Gasteiger partial charge in [-0.1, -0.05) is 36.4 Å². The van der Waals surface area contributed by atoms with Gasteiger partial charge in [0.05, 0.1) is 6.21 Å². The number of nitrogens with one attached hydrogen (secondary N) is 2. The van der Waals surface area contributed by atoms with E-state index in [0.29, 0.717) is 22.6 Å². The largest absolute Gasteiger partial charge is 0.489 e. The van der Waals surface area contributed by atoms with Crippen LogP contribution in [0.4, 0.5) is 10.1 Å². The van der Waals surface area contributed by atoms with Crippen molar-refractivity contribution in [2.24, 2.45) is 5.10 Å². The quantitative estimate of drug-likeness (QED) is 0.372. The van der Waals surface area contributed by atoms with Gasteiger partial charge in [0, 0.05) is 5.69 Å². The zero-order chi connectivity index (χ0) is 21.3. The molecule has 0 aromatic heterocycles. The summed E-state index contributed by atoms with van der Waals surface area (Å²) in [6.45, 7) is 2.10. The van der Waals surface area contributed by atoms with Crippen molar-refractivity contribution in [2.45, 2.75) is 13.5 Å². The number of ether oxygens (including phenoxy) is 1. The topological polar surface area (TPSA) is 79.8 Å². The Labute approximate surface area is 173 Å². The van der Waals surface area contributed by atoms with Gasteiger partial charge < -0.3 is 10.1 Å². The average molecular weight is 405 g/mol. The Kier molecular flexibility index (Phi) is 6.89. The molecular formula is C23H20FN3O3. The molecule has 0 unspecified atom stereocenters. The maximum atomic E-state index is 13.2. The SMILES string of the molecule is Cc1cccc(NC(=O)C(=O)N/N=C\c2cccc(OCc3cccc(F)c3)c2)c1. The molecule has 2 amide bonds. The predicted octanol–water partition coefficient (Wildman–Crippen LogP) is 3.80. The Morgan fingerprint density at radius 3 is 2.60 bits per heavy atom. The first-order valence-corrected chi connectivity index (χ1v) is 9.18. The lowest BCUT2D eigenvalue weighted by Crippen LogP contribution is -2.32. The Hall–Kier alpha value is -4.00. The summed E-state index contributed by atoms with van der Waals surface area (Å²) in [6, 6.07) is 20.3. The second-order valence-electron chi connectivity index (χ2n) is 6.51. The van der Waals surface area contributed by atoms with Gasteiger partial charge in [-0.3, -0.25) is 9.59 Å². The normalized spacial score (nSPS) is 10.6. The Bertz CT molecular complexity index is 1080. The summed E-state index contributed by atoms with van der Waals surface area (Å²) < 4.78 is 18.9. The standard InChI is InChI=1S/C23H20FN3O3/c1-16-5-2-9-20(11-16)26-22(28)23(29)27-25-14-17-6-4-10-21(13-17)30-15-18-7-3-8-19(24)12-18/h2-14H,15H2,1H3,(H,26,28)(H,27,29)/b25-14-. The second-order valence-corrected chi connectivity index (χ2v) is 6.51. The summed E-state index contributed by atoms with van der Waals surface area (Å²) in [5.74, 6) is -1.46. The fraction of sp³-hybridized carbons (Fsp3) is 0.0870. The molecule has 0 saturated heterocycles. The van der Waals surface area contributed by atoms with Crippen LogP contribution in [0.2, 0.25) is 0 Å². The minimum atomic E-state index is -0.883. The van der Waals surface area contributed by atoms with Gasteiger partial charge >= 0.3 is 11.8 Å². The highest BCUT2D eigenvalue weighted by molar-refractivity contribution is 6.39. The van der Waals surface area contributed by atoms with Crippen LogP contribution in [0.3, 0.4) is 0 Å². The van der Waals surface area contributed by atoms with E-state index in [1.807, 2.05) is 13.0 Å². The molecule has 3 rings (SSSR count). The van der Waals surface area contributed by atoms with Crippen molar-refractivity contribution >= 4 is 23.7 Å². The molecule has 30 heavy (non-hydrogen) atoms. The van der Waals surface area contributed by atoms with Crippen molar-refractivity contribution in [3.8, 4) is 5.75 Å². The third-order valence-electron chi connectivity index (χ3n) is 4.01. The van der Waals surface area contributed by atoms with Crippen molar-refractivity contribution in [1.82, 2.24) is 5.43 Å². The van der Waals surface area contributed by atoms with Gasteiger partial charge in [0.15, 0.2) is 0 Å². The van der Waals surface area contributed by atoms with E-state index in [4.69, 9.17) is 4.74 Å². The maximum absolute atomic E-state index is 13.2. The molecule has 0 aliphatic heterocycles. The number of halogens is 1. The van der Waals surface area contributed by atoms with E-state index in [2.05, 4.69) is 15.8 Å². The van der Waals surface area contributed by atoms with Gasteiger partial charge in [-0.2, -0.15) is 5.10 Å².